The molecule has 1 amide bonds. The van der Waals surface area contributed by atoms with E-state index in [1.165, 1.54) is 34.6 Å². The second-order valence-electron chi connectivity index (χ2n) is 6.68. The zero-order valence-corrected chi connectivity index (χ0v) is 17.4. The molecule has 0 fully saturated rings. The van der Waals surface area contributed by atoms with Crippen LogP contribution in [-0.2, 0) is 33.4 Å². The van der Waals surface area contributed by atoms with Gasteiger partial charge in [-0.25, -0.2) is 9.59 Å². The normalized spacial score (nSPS) is 15.2. The predicted molar refractivity (Wildman–Crippen MR) is 97.0 cm³/mol. The Morgan fingerprint density at radius 1 is 1.21 bits per heavy atom. The Labute approximate surface area is 164 Å². The molecule has 0 aromatic rings. The molecule has 3 N–H and O–H groups in total. The molecule has 0 aliphatic heterocycles. The van der Waals surface area contributed by atoms with Crippen molar-refractivity contribution in [2.24, 2.45) is 5.41 Å². The third kappa shape index (κ3) is 8.85. The molecule has 11 nitrogen and oxygen atoms in total. The minimum absolute atomic E-state index is 0.0136. The molecular formula is C16H29NO10S. The molecule has 0 rings (SSSR count). The highest BCUT2D eigenvalue weighted by Gasteiger charge is 2.47. The summed E-state index contributed by atoms with van der Waals surface area (Å²) in [4.78, 5) is 33.6. The van der Waals surface area contributed by atoms with E-state index in [4.69, 9.17) is 14.0 Å². The van der Waals surface area contributed by atoms with Crippen LogP contribution in [0.15, 0.2) is 0 Å². The second kappa shape index (κ2) is 11.2. The predicted octanol–water partition coefficient (Wildman–Crippen LogP) is 0.261. The molecule has 164 valence electrons. The summed E-state index contributed by atoms with van der Waals surface area (Å²) in [7, 11) is -4.20. The maximum Gasteiger partial charge on any atom is 0.508 e. The van der Waals surface area contributed by atoms with Crippen molar-refractivity contribution in [3.8, 4) is 0 Å². The Bertz CT molecular complexity index is 646. The number of carbonyl (C=O) groups excluding carboxylic acids is 2. The number of carbonyl (C=O) groups is 3. The fourth-order valence-electron chi connectivity index (χ4n) is 2.37. The molecule has 0 aromatic carbocycles. The lowest BCUT2D eigenvalue weighted by Gasteiger charge is -2.38. The maximum atomic E-state index is 12.3. The van der Waals surface area contributed by atoms with Crippen molar-refractivity contribution in [1.82, 2.24) is 5.32 Å². The van der Waals surface area contributed by atoms with E-state index in [0.717, 1.165) is 0 Å². The minimum Gasteiger partial charge on any atom is -0.479 e. The van der Waals surface area contributed by atoms with Gasteiger partial charge in [0.05, 0.1) is 12.4 Å². The molecule has 0 aliphatic carbocycles. The van der Waals surface area contributed by atoms with Crippen molar-refractivity contribution in [3.05, 3.63) is 0 Å². The lowest BCUT2D eigenvalue weighted by molar-refractivity contribution is -0.161. The molecule has 28 heavy (non-hydrogen) atoms. The van der Waals surface area contributed by atoms with Gasteiger partial charge in [-0.05, 0) is 20.3 Å². The number of aliphatic carboxylic acids is 1. The Kier molecular flexibility index (Phi) is 10.4. The molecule has 2 unspecified atom stereocenters. The summed E-state index contributed by atoms with van der Waals surface area (Å²) in [6.45, 7) is 6.77. The van der Waals surface area contributed by atoms with Crippen molar-refractivity contribution in [2.75, 3.05) is 18.9 Å². The number of rotatable bonds is 12. The average Bonchev–Trinajstić information content (AvgIpc) is 2.55. The first kappa shape index (κ1) is 26.1. The zero-order valence-electron chi connectivity index (χ0n) is 16.6. The molecule has 12 heteroatoms. The smallest absolute Gasteiger partial charge is 0.479 e. The van der Waals surface area contributed by atoms with Crippen molar-refractivity contribution < 1.29 is 46.7 Å². The van der Waals surface area contributed by atoms with Crippen molar-refractivity contribution >= 4 is 28.1 Å². The van der Waals surface area contributed by atoms with E-state index < -0.39 is 51.7 Å². The molecule has 0 saturated heterocycles. The summed E-state index contributed by atoms with van der Waals surface area (Å²) < 4.78 is 39.3. The maximum absolute atomic E-state index is 12.3. The van der Waals surface area contributed by atoms with Crippen LogP contribution < -0.4 is 5.32 Å². The third-order valence-electron chi connectivity index (χ3n) is 3.84. The van der Waals surface area contributed by atoms with Crippen LogP contribution in [0.4, 0.5) is 4.79 Å². The van der Waals surface area contributed by atoms with Crippen LogP contribution in [0, 0.1) is 5.41 Å². The van der Waals surface area contributed by atoms with Crippen LogP contribution in [0.3, 0.4) is 0 Å². The number of aliphatic hydroxyl groups is 1. The quantitative estimate of drug-likeness (QED) is 0.223. The molecule has 0 saturated carbocycles. The van der Waals surface area contributed by atoms with Crippen LogP contribution in [0.1, 0.15) is 41.0 Å². The molecule has 0 aliphatic rings. The lowest BCUT2D eigenvalue weighted by atomic mass is 9.78. The van der Waals surface area contributed by atoms with Crippen molar-refractivity contribution in [3.63, 3.8) is 0 Å². The van der Waals surface area contributed by atoms with Gasteiger partial charge in [0.1, 0.15) is 12.2 Å². The summed E-state index contributed by atoms with van der Waals surface area (Å²) in [5.74, 6) is -2.39. The highest BCUT2D eigenvalue weighted by Crippen LogP contribution is 2.33. The summed E-state index contributed by atoms with van der Waals surface area (Å²) in [5, 5.41) is 21.5. The van der Waals surface area contributed by atoms with E-state index in [9.17, 15) is 27.9 Å². The first-order valence-corrected chi connectivity index (χ1v) is 10.2. The molecule has 0 spiro atoms. The molecule has 3 atom stereocenters. The zero-order chi connectivity index (χ0) is 22.1. The Morgan fingerprint density at radius 3 is 2.25 bits per heavy atom. The van der Waals surface area contributed by atoms with Gasteiger partial charge in [0.15, 0.2) is 6.10 Å². The Morgan fingerprint density at radius 2 is 1.79 bits per heavy atom. The number of hydrogen-bond acceptors (Lipinski definition) is 9. The summed E-state index contributed by atoms with van der Waals surface area (Å²) in [6.07, 6.45) is -5.82. The van der Waals surface area contributed by atoms with E-state index in [2.05, 4.69) is 10.1 Å². The largest absolute Gasteiger partial charge is 0.508 e. The number of carboxylic acid groups (broad SMARTS) is 1. The molecule has 0 heterocycles. The summed E-state index contributed by atoms with van der Waals surface area (Å²) in [5.41, 5.74) is -1.65. The number of ether oxygens (including phenoxy) is 2. The monoisotopic (exact) mass is 427 g/mol. The van der Waals surface area contributed by atoms with E-state index in [-0.39, 0.29) is 25.5 Å². The van der Waals surface area contributed by atoms with Crippen LogP contribution in [0.5, 0.6) is 0 Å². The number of nitrogens with one attached hydrogen (secondary N) is 1. The lowest BCUT2D eigenvalue weighted by Crippen LogP contribution is -2.52. The van der Waals surface area contributed by atoms with Crippen LogP contribution >= 0.6 is 0 Å². The fourth-order valence-corrected chi connectivity index (χ4v) is 3.68. The van der Waals surface area contributed by atoms with Gasteiger partial charge in [-0.2, -0.15) is 8.42 Å². The van der Waals surface area contributed by atoms with Gasteiger partial charge in [0.25, 0.3) is 10.1 Å². The summed E-state index contributed by atoms with van der Waals surface area (Å²) in [6, 6.07) is 0. The van der Waals surface area contributed by atoms with Gasteiger partial charge >= 0.3 is 12.1 Å². The van der Waals surface area contributed by atoms with E-state index >= 15 is 0 Å². The van der Waals surface area contributed by atoms with Gasteiger partial charge in [-0.3, -0.25) is 8.98 Å². The second-order valence-corrected chi connectivity index (χ2v) is 8.40. The first-order chi connectivity index (χ1) is 12.7. The van der Waals surface area contributed by atoms with Crippen molar-refractivity contribution in [1.29, 1.82) is 0 Å². The van der Waals surface area contributed by atoms with Gasteiger partial charge < -0.3 is 25.0 Å². The topological polar surface area (TPSA) is 166 Å². The molecular weight excluding hydrogens is 398 g/mol. The highest BCUT2D eigenvalue weighted by atomic mass is 32.2. The molecule has 0 bridgehead atoms. The Balaban J connectivity index is 5.45. The van der Waals surface area contributed by atoms with Gasteiger partial charge in [0, 0.05) is 18.9 Å². The summed E-state index contributed by atoms with van der Waals surface area (Å²) >= 11 is 0. The van der Waals surface area contributed by atoms with Crippen LogP contribution in [0.2, 0.25) is 0 Å². The molecule has 0 aromatic heterocycles. The Hall–Kier alpha value is -1.92. The highest BCUT2D eigenvalue weighted by molar-refractivity contribution is 7.86. The number of carboxylic acids is 1. The van der Waals surface area contributed by atoms with Gasteiger partial charge in [-0.15, -0.1) is 0 Å². The van der Waals surface area contributed by atoms with Gasteiger partial charge in [-0.1, -0.05) is 13.8 Å². The number of hydrogen-bond donors (Lipinski definition) is 3. The van der Waals surface area contributed by atoms with E-state index in [1.54, 1.807) is 0 Å². The fraction of sp³-hybridized carbons (Fsp3) is 0.812. The minimum atomic E-state index is -4.20. The SMILES string of the molecule is CCOC(=O)OC(C)C(OS(=O)(=O)CCCNC(C)=O)C(C)(C)[C@@H](O)C(=O)O. The average molecular weight is 427 g/mol. The standard InChI is InChI=1S/C16H29NO10S/c1-6-25-15(22)26-10(2)13(16(4,5)12(19)14(20)21)27-28(23,24)9-7-8-17-11(3)18/h10,12-13,19H,6-9H2,1-5H3,(H,17,18)(H,20,21)/t10?,12-,13?/m0/s1. The third-order valence-corrected chi connectivity index (χ3v) is 5.13. The van der Waals surface area contributed by atoms with E-state index in [0.29, 0.717) is 0 Å². The molecule has 0 radical (unpaired) electrons. The van der Waals surface area contributed by atoms with Crippen LogP contribution in [0.25, 0.3) is 0 Å². The first-order valence-electron chi connectivity index (χ1n) is 8.64. The van der Waals surface area contributed by atoms with Gasteiger partial charge in [0.2, 0.25) is 5.91 Å². The number of amides is 1. The van der Waals surface area contributed by atoms with Crippen molar-refractivity contribution in [2.45, 2.75) is 59.4 Å². The van der Waals surface area contributed by atoms with E-state index in [1.807, 2.05) is 0 Å². The number of aliphatic hydroxyl groups excluding tert-OH is 1. The van der Waals surface area contributed by atoms with Crippen LogP contribution in [-0.4, -0.2) is 73.9 Å².